The van der Waals surface area contributed by atoms with Crippen LogP contribution in [0.2, 0.25) is 0 Å². The zero-order chi connectivity index (χ0) is 16.3. The van der Waals surface area contributed by atoms with Crippen molar-refractivity contribution < 1.29 is 13.3 Å². The van der Waals surface area contributed by atoms with Crippen molar-refractivity contribution in [2.45, 2.75) is 26.7 Å². The summed E-state index contributed by atoms with van der Waals surface area (Å²) in [4.78, 5) is 4.15. The maximum atomic E-state index is 13.5. The van der Waals surface area contributed by atoms with Gasteiger partial charge in [-0.15, -0.1) is 0 Å². The highest BCUT2D eigenvalue weighted by molar-refractivity contribution is 5.92. The number of guanidine groups is 1. The van der Waals surface area contributed by atoms with Crippen LogP contribution >= 0.6 is 0 Å². The summed E-state index contributed by atoms with van der Waals surface area (Å²) in [6, 6.07) is 3.08. The molecule has 0 spiro atoms. The summed E-state index contributed by atoms with van der Waals surface area (Å²) in [6.45, 7) is 6.03. The van der Waals surface area contributed by atoms with Gasteiger partial charge in [-0.3, -0.25) is 4.99 Å². The van der Waals surface area contributed by atoms with Gasteiger partial charge in [0.1, 0.15) is 17.4 Å². The Morgan fingerprint density at radius 3 is 2.77 bits per heavy atom. The fourth-order valence-corrected chi connectivity index (χ4v) is 2.29. The molecule has 5 nitrogen and oxygen atoms in total. The Labute approximate surface area is 127 Å². The predicted molar refractivity (Wildman–Crippen MR) is 80.9 cm³/mol. The van der Waals surface area contributed by atoms with Crippen LogP contribution in [0.5, 0.6) is 0 Å². The van der Waals surface area contributed by atoms with Crippen molar-refractivity contribution in [3.8, 4) is 0 Å². The lowest BCUT2D eigenvalue weighted by molar-refractivity contribution is 0.391. The molecule has 1 atom stereocenters. The Kier molecular flexibility index (Phi) is 4.75. The molecule has 1 unspecified atom stereocenters. The third kappa shape index (κ3) is 3.60. The van der Waals surface area contributed by atoms with E-state index in [4.69, 9.17) is 10.3 Å². The van der Waals surface area contributed by atoms with Gasteiger partial charge >= 0.3 is 0 Å². The van der Waals surface area contributed by atoms with Gasteiger partial charge in [0.15, 0.2) is 5.96 Å². The summed E-state index contributed by atoms with van der Waals surface area (Å²) >= 11 is 0. The number of nitrogens with zero attached hydrogens (tertiary/aromatic N) is 2. The van der Waals surface area contributed by atoms with E-state index in [9.17, 15) is 8.78 Å². The summed E-state index contributed by atoms with van der Waals surface area (Å²) in [5, 5.41) is 6.45. The van der Waals surface area contributed by atoms with E-state index in [0.717, 1.165) is 35.2 Å². The highest BCUT2D eigenvalue weighted by Crippen LogP contribution is 2.23. The molecule has 118 valence electrons. The van der Waals surface area contributed by atoms with Crippen LogP contribution in [0.3, 0.4) is 0 Å². The van der Waals surface area contributed by atoms with E-state index in [1.165, 1.54) is 0 Å². The maximum Gasteiger partial charge on any atom is 0.193 e. The Morgan fingerprint density at radius 1 is 1.41 bits per heavy atom. The van der Waals surface area contributed by atoms with Crippen molar-refractivity contribution in [3.63, 3.8) is 0 Å². The first-order chi connectivity index (χ1) is 10.4. The Hall–Kier alpha value is -2.44. The van der Waals surface area contributed by atoms with Crippen molar-refractivity contribution >= 4 is 11.6 Å². The zero-order valence-electron chi connectivity index (χ0n) is 12.7. The van der Waals surface area contributed by atoms with E-state index in [1.807, 2.05) is 20.8 Å². The molecular weight excluding hydrogens is 290 g/mol. The average molecular weight is 308 g/mol. The summed E-state index contributed by atoms with van der Waals surface area (Å²) in [7, 11) is 0. The van der Waals surface area contributed by atoms with Crippen LogP contribution in [0.1, 0.15) is 29.9 Å². The number of nitrogens with one attached hydrogen (secondary N) is 1. The number of rotatable bonds is 4. The smallest absolute Gasteiger partial charge is 0.193 e. The molecule has 2 aromatic rings. The van der Waals surface area contributed by atoms with Crippen LogP contribution in [0.4, 0.5) is 14.5 Å². The van der Waals surface area contributed by atoms with Crippen molar-refractivity contribution in [1.29, 1.82) is 0 Å². The molecule has 0 saturated heterocycles. The molecule has 0 aliphatic carbocycles. The molecule has 1 heterocycles. The average Bonchev–Trinajstić information content (AvgIpc) is 2.80. The van der Waals surface area contributed by atoms with E-state index in [0.29, 0.717) is 6.54 Å². The van der Waals surface area contributed by atoms with Crippen LogP contribution < -0.4 is 11.1 Å². The largest absolute Gasteiger partial charge is 0.370 e. The fraction of sp³-hybridized carbons (Fsp3) is 0.333. The molecule has 2 rings (SSSR count). The molecule has 0 radical (unpaired) electrons. The van der Waals surface area contributed by atoms with Gasteiger partial charge in [0.05, 0.1) is 11.4 Å². The number of aromatic nitrogens is 1. The molecule has 3 N–H and O–H groups in total. The monoisotopic (exact) mass is 308 g/mol. The van der Waals surface area contributed by atoms with Crippen LogP contribution in [0.25, 0.3) is 0 Å². The number of aliphatic imine (C=N–C) groups is 1. The number of hydrogen-bond acceptors (Lipinski definition) is 3. The molecule has 1 aromatic carbocycles. The number of halogens is 2. The minimum atomic E-state index is -0.599. The molecule has 0 bridgehead atoms. The van der Waals surface area contributed by atoms with Gasteiger partial charge in [-0.1, -0.05) is 12.1 Å². The molecule has 1 aromatic heterocycles. The van der Waals surface area contributed by atoms with Gasteiger partial charge in [-0.05, 0) is 26.0 Å². The van der Waals surface area contributed by atoms with Crippen LogP contribution in [0.15, 0.2) is 27.7 Å². The van der Waals surface area contributed by atoms with Gasteiger partial charge in [-0.2, -0.15) is 0 Å². The molecule has 0 fully saturated rings. The number of nitrogens with two attached hydrogens (primary N) is 1. The van der Waals surface area contributed by atoms with E-state index in [-0.39, 0.29) is 17.6 Å². The first kappa shape index (κ1) is 15.9. The second kappa shape index (κ2) is 6.55. The maximum absolute atomic E-state index is 13.5. The lowest BCUT2D eigenvalue weighted by Crippen LogP contribution is -2.24. The second-order valence-corrected chi connectivity index (χ2v) is 5.11. The van der Waals surface area contributed by atoms with E-state index >= 15 is 0 Å². The van der Waals surface area contributed by atoms with Gasteiger partial charge in [-0.25, -0.2) is 8.78 Å². The Balaban J connectivity index is 2.05. The quantitative estimate of drug-likeness (QED) is 0.672. The third-order valence-corrected chi connectivity index (χ3v) is 3.31. The number of hydrogen-bond donors (Lipinski definition) is 2. The topological polar surface area (TPSA) is 76.4 Å². The SMILES string of the molecule is Cc1noc(C)c1C(C)CN=C(N)Nc1cc(F)ccc1F. The Morgan fingerprint density at radius 2 is 2.14 bits per heavy atom. The van der Waals surface area contributed by atoms with E-state index in [1.54, 1.807) is 0 Å². The van der Waals surface area contributed by atoms with E-state index < -0.39 is 11.6 Å². The summed E-state index contributed by atoms with van der Waals surface area (Å²) in [5.41, 5.74) is 7.45. The molecule has 22 heavy (non-hydrogen) atoms. The highest BCUT2D eigenvalue weighted by Gasteiger charge is 2.16. The number of benzene rings is 1. The standard InChI is InChI=1S/C15H18F2N4O/c1-8(14-9(2)21-22-10(14)3)7-19-15(18)20-13-6-11(16)4-5-12(13)17/h4-6,8H,7H2,1-3H3,(H3,18,19,20). The minimum Gasteiger partial charge on any atom is -0.370 e. The molecule has 0 saturated carbocycles. The molecule has 0 aliphatic rings. The highest BCUT2D eigenvalue weighted by atomic mass is 19.1. The summed E-state index contributed by atoms with van der Waals surface area (Å²) in [5.74, 6) is -0.353. The lowest BCUT2D eigenvalue weighted by atomic mass is 10.00. The first-order valence-electron chi connectivity index (χ1n) is 6.83. The van der Waals surface area contributed by atoms with Crippen molar-refractivity contribution in [3.05, 3.63) is 46.9 Å². The fourth-order valence-electron chi connectivity index (χ4n) is 2.29. The van der Waals surface area contributed by atoms with E-state index in [2.05, 4.69) is 15.5 Å². The molecule has 0 aliphatic heterocycles. The first-order valence-corrected chi connectivity index (χ1v) is 6.83. The van der Waals surface area contributed by atoms with Crippen LogP contribution in [-0.2, 0) is 0 Å². The van der Waals surface area contributed by atoms with Gasteiger partial charge in [0.25, 0.3) is 0 Å². The molecular formula is C15H18F2N4O. The van der Waals surface area contributed by atoms with Crippen molar-refractivity contribution in [1.82, 2.24) is 5.16 Å². The summed E-state index contributed by atoms with van der Waals surface area (Å²) < 4.78 is 31.7. The Bertz CT molecular complexity index is 677. The predicted octanol–water partition coefficient (Wildman–Crippen LogP) is 3.10. The zero-order valence-corrected chi connectivity index (χ0v) is 12.7. The minimum absolute atomic E-state index is 0.0168. The van der Waals surface area contributed by atoms with Crippen molar-refractivity contribution in [2.24, 2.45) is 10.7 Å². The van der Waals surface area contributed by atoms with Crippen LogP contribution in [0, 0.1) is 25.5 Å². The van der Waals surface area contributed by atoms with Crippen LogP contribution in [-0.4, -0.2) is 17.7 Å². The normalized spacial score (nSPS) is 13.2. The second-order valence-electron chi connectivity index (χ2n) is 5.11. The van der Waals surface area contributed by atoms with Crippen molar-refractivity contribution in [2.75, 3.05) is 11.9 Å². The lowest BCUT2D eigenvalue weighted by Gasteiger charge is -2.10. The van der Waals surface area contributed by atoms with Gasteiger partial charge < -0.3 is 15.6 Å². The summed E-state index contributed by atoms with van der Waals surface area (Å²) in [6.07, 6.45) is 0. The number of anilines is 1. The number of aryl methyl sites for hydroxylation is 2. The molecule has 7 heteroatoms. The third-order valence-electron chi connectivity index (χ3n) is 3.31. The van der Waals surface area contributed by atoms with Gasteiger partial charge in [0.2, 0.25) is 0 Å². The molecule has 0 amide bonds. The van der Waals surface area contributed by atoms with Gasteiger partial charge in [0, 0.05) is 24.1 Å².